The highest BCUT2D eigenvalue weighted by atomic mass is 79.9. The lowest BCUT2D eigenvalue weighted by atomic mass is 10.1. The number of benzene rings is 1. The van der Waals surface area contributed by atoms with Crippen molar-refractivity contribution in [1.29, 1.82) is 0 Å². The molecule has 1 aromatic carbocycles. The minimum absolute atomic E-state index is 0.102. The summed E-state index contributed by atoms with van der Waals surface area (Å²) in [5, 5.41) is 4.00. The Kier molecular flexibility index (Phi) is 4.81. The number of nitrogens with zero attached hydrogens (tertiary/aromatic N) is 2. The van der Waals surface area contributed by atoms with Gasteiger partial charge in [-0.1, -0.05) is 17.3 Å². The molecule has 0 fully saturated rings. The van der Waals surface area contributed by atoms with Gasteiger partial charge in [-0.05, 0) is 55.3 Å². The fourth-order valence-corrected chi connectivity index (χ4v) is 2.22. The summed E-state index contributed by atoms with van der Waals surface area (Å²) in [7, 11) is 0. The highest BCUT2D eigenvalue weighted by Gasteiger charge is 2.29. The zero-order valence-electron chi connectivity index (χ0n) is 12.7. The van der Waals surface area contributed by atoms with Gasteiger partial charge < -0.3 is 15.0 Å². The number of ether oxygens (including phenoxy) is 1. The van der Waals surface area contributed by atoms with Crippen molar-refractivity contribution in [3.8, 4) is 11.5 Å². The molecule has 0 bridgehead atoms. The van der Waals surface area contributed by atoms with E-state index in [1.165, 1.54) is 0 Å². The van der Waals surface area contributed by atoms with Crippen molar-refractivity contribution in [2.24, 2.45) is 5.73 Å². The van der Waals surface area contributed by atoms with Crippen molar-refractivity contribution >= 4 is 15.9 Å². The van der Waals surface area contributed by atoms with Gasteiger partial charge in [-0.25, -0.2) is 0 Å². The third kappa shape index (κ3) is 3.70. The first kappa shape index (κ1) is 16.1. The number of aryl methyl sites for hydroxylation is 1. The fraction of sp³-hybridized carbons (Fsp3) is 0.467. The van der Waals surface area contributed by atoms with Crippen LogP contribution in [-0.2, 0) is 10.3 Å². The third-order valence-corrected chi connectivity index (χ3v) is 4.13. The molecule has 1 atom stereocenters. The second-order valence-electron chi connectivity index (χ2n) is 5.64. The van der Waals surface area contributed by atoms with Crippen LogP contribution in [0.15, 0.2) is 27.2 Å². The van der Waals surface area contributed by atoms with Crippen LogP contribution in [0.3, 0.4) is 0 Å². The Morgan fingerprint density at radius 1 is 1.43 bits per heavy atom. The molecule has 0 amide bonds. The quantitative estimate of drug-likeness (QED) is 0.891. The standard InChI is InChI=1S/C15H20BrN3O2/c1-9(2)20-8-15(4,17)14-18-13(21-19-14)11-7-5-6-10(3)12(11)16/h5-7,9H,8,17H2,1-4H3. The second kappa shape index (κ2) is 6.25. The molecule has 5 nitrogen and oxygen atoms in total. The summed E-state index contributed by atoms with van der Waals surface area (Å²) in [6.07, 6.45) is 0.102. The molecule has 0 saturated heterocycles. The molecule has 0 spiro atoms. The molecule has 0 radical (unpaired) electrons. The highest BCUT2D eigenvalue weighted by Crippen LogP contribution is 2.30. The highest BCUT2D eigenvalue weighted by molar-refractivity contribution is 9.10. The summed E-state index contributed by atoms with van der Waals surface area (Å²) in [6, 6.07) is 5.88. The van der Waals surface area contributed by atoms with Crippen molar-refractivity contribution < 1.29 is 9.26 Å². The lowest BCUT2D eigenvalue weighted by Gasteiger charge is -2.21. The van der Waals surface area contributed by atoms with Gasteiger partial charge in [-0.3, -0.25) is 0 Å². The predicted molar refractivity (Wildman–Crippen MR) is 84.8 cm³/mol. The Labute approximate surface area is 133 Å². The Morgan fingerprint density at radius 3 is 2.81 bits per heavy atom. The third-order valence-electron chi connectivity index (χ3n) is 3.08. The molecule has 1 unspecified atom stereocenters. The van der Waals surface area contributed by atoms with Crippen molar-refractivity contribution in [2.75, 3.05) is 6.61 Å². The van der Waals surface area contributed by atoms with Crippen LogP contribution in [0.25, 0.3) is 11.5 Å². The Morgan fingerprint density at radius 2 is 2.14 bits per heavy atom. The van der Waals surface area contributed by atoms with Gasteiger partial charge >= 0.3 is 0 Å². The molecule has 0 saturated carbocycles. The first-order valence-electron chi connectivity index (χ1n) is 6.81. The maximum absolute atomic E-state index is 6.22. The molecule has 0 aliphatic carbocycles. The average molecular weight is 354 g/mol. The molecule has 114 valence electrons. The molecule has 21 heavy (non-hydrogen) atoms. The molecular weight excluding hydrogens is 334 g/mol. The van der Waals surface area contributed by atoms with E-state index in [1.54, 1.807) is 0 Å². The smallest absolute Gasteiger partial charge is 0.259 e. The summed E-state index contributed by atoms with van der Waals surface area (Å²) >= 11 is 3.54. The van der Waals surface area contributed by atoms with Gasteiger partial charge in [0.15, 0.2) is 5.82 Å². The van der Waals surface area contributed by atoms with Crippen LogP contribution in [0.1, 0.15) is 32.2 Å². The topological polar surface area (TPSA) is 74.2 Å². The van der Waals surface area contributed by atoms with Gasteiger partial charge in [0.05, 0.1) is 18.3 Å². The van der Waals surface area contributed by atoms with Crippen LogP contribution in [0.4, 0.5) is 0 Å². The monoisotopic (exact) mass is 353 g/mol. The summed E-state index contributed by atoms with van der Waals surface area (Å²) < 4.78 is 11.9. The predicted octanol–water partition coefficient (Wildman–Crippen LogP) is 3.41. The first-order chi connectivity index (χ1) is 9.81. The largest absolute Gasteiger partial charge is 0.376 e. The molecule has 2 N–H and O–H groups in total. The Balaban J connectivity index is 2.27. The maximum Gasteiger partial charge on any atom is 0.259 e. The van der Waals surface area contributed by atoms with Crippen LogP contribution in [0.2, 0.25) is 0 Å². The van der Waals surface area contributed by atoms with Crippen molar-refractivity contribution in [3.63, 3.8) is 0 Å². The van der Waals surface area contributed by atoms with Gasteiger partial charge in [-0.15, -0.1) is 0 Å². The Bertz CT molecular complexity index is 623. The van der Waals surface area contributed by atoms with Gasteiger partial charge in [0.25, 0.3) is 5.89 Å². The summed E-state index contributed by atoms with van der Waals surface area (Å²) in [5.74, 6) is 0.883. The summed E-state index contributed by atoms with van der Waals surface area (Å²) in [4.78, 5) is 4.42. The van der Waals surface area contributed by atoms with E-state index in [1.807, 2.05) is 45.9 Å². The zero-order valence-corrected chi connectivity index (χ0v) is 14.3. The lowest BCUT2D eigenvalue weighted by Crippen LogP contribution is -2.40. The van der Waals surface area contributed by atoms with Crippen molar-refractivity contribution in [1.82, 2.24) is 10.1 Å². The van der Waals surface area contributed by atoms with Gasteiger partial charge in [0.2, 0.25) is 0 Å². The molecule has 0 aliphatic rings. The minimum atomic E-state index is -0.789. The van der Waals surface area contributed by atoms with Crippen LogP contribution in [0.5, 0.6) is 0 Å². The SMILES string of the molecule is Cc1cccc(-c2nc(C(C)(N)COC(C)C)no2)c1Br. The van der Waals surface area contributed by atoms with E-state index in [9.17, 15) is 0 Å². The number of hydrogen-bond acceptors (Lipinski definition) is 5. The second-order valence-corrected chi connectivity index (χ2v) is 6.43. The number of hydrogen-bond donors (Lipinski definition) is 1. The lowest BCUT2D eigenvalue weighted by molar-refractivity contribution is 0.0410. The molecule has 0 aliphatic heterocycles. The normalized spacial score (nSPS) is 14.4. The van der Waals surface area contributed by atoms with E-state index in [0.717, 1.165) is 15.6 Å². The average Bonchev–Trinajstić information content (AvgIpc) is 2.90. The van der Waals surface area contributed by atoms with Crippen LogP contribution in [-0.4, -0.2) is 22.9 Å². The number of rotatable bonds is 5. The fourth-order valence-electron chi connectivity index (χ4n) is 1.78. The first-order valence-corrected chi connectivity index (χ1v) is 7.60. The number of nitrogens with two attached hydrogens (primary N) is 1. The molecule has 2 aromatic rings. The van der Waals surface area contributed by atoms with Crippen LogP contribution >= 0.6 is 15.9 Å². The molecule has 2 rings (SSSR count). The minimum Gasteiger partial charge on any atom is -0.376 e. The Hall–Kier alpha value is -1.24. The van der Waals surface area contributed by atoms with Crippen LogP contribution in [0, 0.1) is 6.92 Å². The van der Waals surface area contributed by atoms with E-state index in [2.05, 4.69) is 26.1 Å². The van der Waals surface area contributed by atoms with E-state index in [4.69, 9.17) is 15.0 Å². The number of halogens is 1. The van der Waals surface area contributed by atoms with E-state index in [0.29, 0.717) is 18.3 Å². The van der Waals surface area contributed by atoms with Gasteiger partial charge in [0, 0.05) is 4.47 Å². The van der Waals surface area contributed by atoms with E-state index < -0.39 is 5.54 Å². The summed E-state index contributed by atoms with van der Waals surface area (Å²) in [5.41, 5.74) is 7.39. The van der Waals surface area contributed by atoms with E-state index in [-0.39, 0.29) is 6.10 Å². The van der Waals surface area contributed by atoms with Crippen molar-refractivity contribution in [2.45, 2.75) is 39.3 Å². The molecule has 1 heterocycles. The number of aromatic nitrogens is 2. The maximum atomic E-state index is 6.22. The summed E-state index contributed by atoms with van der Waals surface area (Å²) in [6.45, 7) is 8.09. The molecule has 6 heteroatoms. The zero-order chi connectivity index (χ0) is 15.6. The molecule has 1 aromatic heterocycles. The van der Waals surface area contributed by atoms with Crippen molar-refractivity contribution in [3.05, 3.63) is 34.1 Å². The van der Waals surface area contributed by atoms with E-state index >= 15 is 0 Å². The van der Waals surface area contributed by atoms with Gasteiger partial charge in [-0.2, -0.15) is 4.98 Å². The molecular formula is C15H20BrN3O2. The van der Waals surface area contributed by atoms with Gasteiger partial charge in [0.1, 0.15) is 5.54 Å². The van der Waals surface area contributed by atoms with Crippen LogP contribution < -0.4 is 5.73 Å².